The van der Waals surface area contributed by atoms with E-state index in [1.54, 1.807) is 0 Å². The van der Waals surface area contributed by atoms with Crippen LogP contribution >= 0.6 is 0 Å². The third kappa shape index (κ3) is 3.59. The number of fused-ring (bicyclic) bond motifs is 12. The quantitative estimate of drug-likeness (QED) is 0.191. The number of hydrogen-bond acceptors (Lipinski definition) is 6. The zero-order valence-electron chi connectivity index (χ0n) is 26.5. The summed E-state index contributed by atoms with van der Waals surface area (Å²) in [6.45, 7) is 0. The lowest BCUT2D eigenvalue weighted by Crippen LogP contribution is -2.31. The van der Waals surface area contributed by atoms with Gasteiger partial charge in [-0.25, -0.2) is 15.0 Å². The van der Waals surface area contributed by atoms with Crippen LogP contribution in [0.1, 0.15) is 22.5 Å². The molecule has 0 bridgehead atoms. The van der Waals surface area contributed by atoms with E-state index in [0.717, 1.165) is 61.2 Å². The highest BCUT2D eigenvalue weighted by atomic mass is 16.6. The Hall–Kier alpha value is -6.79. The molecule has 6 aromatic carbocycles. The second-order valence-electron chi connectivity index (χ2n) is 12.7. The van der Waals surface area contributed by atoms with E-state index in [2.05, 4.69) is 48.5 Å². The Morgan fingerprint density at radius 3 is 1.78 bits per heavy atom. The molecule has 1 unspecified atom stereocenters. The highest BCUT2D eigenvalue weighted by molar-refractivity contribution is 6.02. The van der Waals surface area contributed by atoms with Crippen LogP contribution < -0.4 is 9.47 Å². The molecule has 50 heavy (non-hydrogen) atoms. The molecule has 3 heterocycles. The topological polar surface area (TPSA) is 70.3 Å². The summed E-state index contributed by atoms with van der Waals surface area (Å²) in [6, 6.07) is 50.9. The van der Waals surface area contributed by atoms with Gasteiger partial charge in [0, 0.05) is 22.1 Å². The number of aromatic nitrogens is 3. The van der Waals surface area contributed by atoms with Crippen LogP contribution in [0.25, 0.3) is 62.0 Å². The Morgan fingerprint density at radius 1 is 0.440 bits per heavy atom. The van der Waals surface area contributed by atoms with Crippen molar-refractivity contribution in [3.8, 4) is 56.8 Å². The fourth-order valence-corrected chi connectivity index (χ4v) is 7.91. The van der Waals surface area contributed by atoms with Gasteiger partial charge in [-0.05, 0) is 40.5 Å². The molecule has 3 aliphatic rings. The zero-order valence-corrected chi connectivity index (χ0v) is 26.5. The molecular weight excluding hydrogens is 619 g/mol. The van der Waals surface area contributed by atoms with E-state index in [1.165, 1.54) is 0 Å². The molecule has 11 rings (SSSR count). The SMILES string of the molecule is c1ccc(-c2nc(-c3ccccc3)nc(-c3cccc4c3-c3ccccc3C43C4=C(Oc5ccccc5O4)c4c3oc3ccccc43)n2)cc1. The molecule has 1 spiro atoms. The van der Waals surface area contributed by atoms with Crippen molar-refractivity contribution in [1.29, 1.82) is 0 Å². The summed E-state index contributed by atoms with van der Waals surface area (Å²) in [7, 11) is 0. The second-order valence-corrected chi connectivity index (χ2v) is 12.7. The van der Waals surface area contributed by atoms with Gasteiger partial charge in [-0.3, -0.25) is 0 Å². The van der Waals surface area contributed by atoms with Crippen molar-refractivity contribution in [2.24, 2.45) is 0 Å². The van der Waals surface area contributed by atoms with Crippen LogP contribution in [-0.2, 0) is 5.41 Å². The molecular formula is C44H25N3O3. The van der Waals surface area contributed by atoms with Crippen molar-refractivity contribution in [3.63, 3.8) is 0 Å². The van der Waals surface area contributed by atoms with E-state index in [1.807, 2.05) is 103 Å². The molecule has 6 heteroatoms. The maximum absolute atomic E-state index is 6.95. The largest absolute Gasteiger partial charge is 0.458 e. The summed E-state index contributed by atoms with van der Waals surface area (Å²) in [6.07, 6.45) is 0. The predicted molar refractivity (Wildman–Crippen MR) is 192 cm³/mol. The molecule has 0 saturated carbocycles. The first-order valence-electron chi connectivity index (χ1n) is 16.6. The zero-order chi connectivity index (χ0) is 32.8. The second kappa shape index (κ2) is 10.1. The fraction of sp³-hybridized carbons (Fsp3) is 0.0227. The molecule has 0 fully saturated rings. The van der Waals surface area contributed by atoms with Gasteiger partial charge in [-0.15, -0.1) is 0 Å². The van der Waals surface area contributed by atoms with Gasteiger partial charge in [-0.2, -0.15) is 0 Å². The number of furan rings is 1. The van der Waals surface area contributed by atoms with Crippen LogP contribution in [0, 0.1) is 0 Å². The van der Waals surface area contributed by atoms with Crippen molar-refractivity contribution in [3.05, 3.63) is 180 Å². The number of rotatable bonds is 3. The average Bonchev–Trinajstić information content (AvgIpc) is 3.81. The Balaban J connectivity index is 1.22. The fourth-order valence-electron chi connectivity index (χ4n) is 7.91. The molecule has 0 saturated heterocycles. The van der Waals surface area contributed by atoms with E-state index in [0.29, 0.717) is 40.5 Å². The molecule has 1 atom stereocenters. The van der Waals surface area contributed by atoms with Crippen molar-refractivity contribution in [2.45, 2.75) is 5.41 Å². The van der Waals surface area contributed by atoms with Crippen LogP contribution in [0.3, 0.4) is 0 Å². The van der Waals surface area contributed by atoms with Crippen molar-refractivity contribution in [2.75, 3.05) is 0 Å². The average molecular weight is 644 g/mol. The molecule has 234 valence electrons. The summed E-state index contributed by atoms with van der Waals surface area (Å²) in [4.78, 5) is 15.2. The van der Waals surface area contributed by atoms with E-state index >= 15 is 0 Å². The van der Waals surface area contributed by atoms with Crippen LogP contribution in [-0.4, -0.2) is 15.0 Å². The summed E-state index contributed by atoms with van der Waals surface area (Å²) in [5, 5.41) is 0.981. The Labute approximate surface area is 287 Å². The van der Waals surface area contributed by atoms with Gasteiger partial charge in [0.15, 0.2) is 40.5 Å². The molecule has 0 amide bonds. The molecule has 6 nitrogen and oxygen atoms in total. The first-order valence-corrected chi connectivity index (χ1v) is 16.6. The number of ether oxygens (including phenoxy) is 2. The molecule has 1 aliphatic heterocycles. The monoisotopic (exact) mass is 643 g/mol. The number of para-hydroxylation sites is 3. The lowest BCUT2D eigenvalue weighted by Gasteiger charge is -2.31. The van der Waals surface area contributed by atoms with Crippen LogP contribution in [0.15, 0.2) is 162 Å². The standard InChI is InChI=1S/C44H25N3O3/c1-3-14-26(15-4-1)41-45-42(27-16-5-2-6-17-27)47-43(46-41)30-20-13-22-32-36(30)28-18-7-9-21-31(28)44(32)39-37(29-19-8-10-23-33(29)49-39)38-40(44)50-35-25-12-11-24-34(35)48-38/h1-25H. The van der Waals surface area contributed by atoms with Gasteiger partial charge in [-0.1, -0.05) is 133 Å². The third-order valence-corrected chi connectivity index (χ3v) is 9.99. The molecule has 2 aromatic heterocycles. The van der Waals surface area contributed by atoms with Gasteiger partial charge in [0.2, 0.25) is 0 Å². The summed E-state index contributed by atoms with van der Waals surface area (Å²) >= 11 is 0. The summed E-state index contributed by atoms with van der Waals surface area (Å²) < 4.78 is 20.6. The Bertz CT molecular complexity index is 2660. The Kier molecular flexibility index (Phi) is 5.50. The minimum Gasteiger partial charge on any atom is -0.458 e. The molecule has 8 aromatic rings. The first-order chi connectivity index (χ1) is 24.8. The van der Waals surface area contributed by atoms with Crippen molar-refractivity contribution in [1.82, 2.24) is 15.0 Å². The Morgan fingerprint density at radius 2 is 1.02 bits per heavy atom. The van der Waals surface area contributed by atoms with Crippen LogP contribution in [0.2, 0.25) is 0 Å². The maximum Gasteiger partial charge on any atom is 0.179 e. The highest BCUT2D eigenvalue weighted by Crippen LogP contribution is 2.66. The first kappa shape index (κ1) is 27.2. The predicted octanol–water partition coefficient (Wildman–Crippen LogP) is 10.1. The van der Waals surface area contributed by atoms with E-state index in [9.17, 15) is 0 Å². The minimum atomic E-state index is -0.920. The summed E-state index contributed by atoms with van der Waals surface area (Å²) in [5.74, 6) is 5.30. The van der Waals surface area contributed by atoms with Gasteiger partial charge in [0.05, 0.1) is 5.56 Å². The van der Waals surface area contributed by atoms with E-state index in [-0.39, 0.29) is 0 Å². The van der Waals surface area contributed by atoms with Crippen molar-refractivity contribution < 1.29 is 13.9 Å². The van der Waals surface area contributed by atoms with E-state index < -0.39 is 5.41 Å². The number of benzene rings is 6. The third-order valence-electron chi connectivity index (χ3n) is 9.99. The smallest absolute Gasteiger partial charge is 0.179 e. The molecule has 0 N–H and O–H groups in total. The highest BCUT2D eigenvalue weighted by Gasteiger charge is 2.60. The number of nitrogens with zero attached hydrogens (tertiary/aromatic N) is 3. The van der Waals surface area contributed by atoms with Gasteiger partial charge < -0.3 is 13.9 Å². The number of hydrogen-bond donors (Lipinski definition) is 0. The molecule has 0 radical (unpaired) electrons. The van der Waals surface area contributed by atoms with Gasteiger partial charge in [0.25, 0.3) is 0 Å². The minimum absolute atomic E-state index is 0.588. The van der Waals surface area contributed by atoms with Crippen LogP contribution in [0.4, 0.5) is 0 Å². The van der Waals surface area contributed by atoms with Crippen molar-refractivity contribution >= 4 is 16.7 Å². The summed E-state index contributed by atoms with van der Waals surface area (Å²) in [5.41, 5.74) is 7.68. The number of allylic oxidation sites excluding steroid dienone is 1. The van der Waals surface area contributed by atoms with Gasteiger partial charge >= 0.3 is 0 Å². The van der Waals surface area contributed by atoms with Crippen LogP contribution in [0.5, 0.6) is 11.5 Å². The molecule has 2 aliphatic carbocycles. The lowest BCUT2D eigenvalue weighted by molar-refractivity contribution is 0.306. The maximum atomic E-state index is 6.95. The van der Waals surface area contributed by atoms with E-state index in [4.69, 9.17) is 28.8 Å². The lowest BCUT2D eigenvalue weighted by atomic mass is 9.76. The normalized spacial score (nSPS) is 16.3. The van der Waals surface area contributed by atoms with Gasteiger partial charge in [0.1, 0.15) is 16.8 Å².